The van der Waals surface area contributed by atoms with Gasteiger partial charge in [-0.1, -0.05) is 12.1 Å². The number of thiophene rings is 1. The molecule has 0 aromatic carbocycles. The number of nitrogens with two attached hydrogens (primary N) is 1. The average Bonchev–Trinajstić information content (AvgIpc) is 2.38. The molecule has 0 aliphatic rings. The van der Waals surface area contributed by atoms with Crippen LogP contribution in [0.1, 0.15) is 17.3 Å². The van der Waals surface area contributed by atoms with Crippen LogP contribution in [0.2, 0.25) is 0 Å². The lowest BCUT2D eigenvalue weighted by molar-refractivity contribution is 0.758. The summed E-state index contributed by atoms with van der Waals surface area (Å²) in [6.07, 6.45) is 2.71. The van der Waals surface area contributed by atoms with Gasteiger partial charge in [0.05, 0.1) is 0 Å². The van der Waals surface area contributed by atoms with Gasteiger partial charge in [0.1, 0.15) is 0 Å². The molecule has 0 unspecified atom stereocenters. The predicted octanol–water partition coefficient (Wildman–Crippen LogP) is 2.75. The molecule has 0 fully saturated rings. The Morgan fingerprint density at radius 1 is 1.73 bits per heavy atom. The summed E-state index contributed by atoms with van der Waals surface area (Å²) in [4.78, 5) is 1.24. The van der Waals surface area contributed by atoms with Gasteiger partial charge in [-0.2, -0.15) is 0 Å². The third kappa shape index (κ3) is 3.06. The van der Waals surface area contributed by atoms with E-state index in [4.69, 9.17) is 5.73 Å². The standard InChI is InChI=1S/C8H11NS.ClH/c1-2-4-7(9)8-5-3-6-10-8;/h2-3,5-7H,1,4,9H2;1H/t7-;/m0./s1. The Kier molecular flexibility index (Phi) is 5.20. The maximum absolute atomic E-state index is 5.79. The summed E-state index contributed by atoms with van der Waals surface area (Å²) >= 11 is 1.70. The first-order valence-electron chi connectivity index (χ1n) is 3.24. The van der Waals surface area contributed by atoms with Crippen molar-refractivity contribution >= 4 is 23.7 Å². The minimum Gasteiger partial charge on any atom is -0.323 e. The average molecular weight is 190 g/mol. The molecule has 1 atom stereocenters. The number of rotatable bonds is 3. The maximum Gasteiger partial charge on any atom is 0.0424 e. The summed E-state index contributed by atoms with van der Waals surface area (Å²) in [6.45, 7) is 3.64. The molecule has 0 saturated carbocycles. The fraction of sp³-hybridized carbons (Fsp3) is 0.250. The number of hydrogen-bond donors (Lipinski definition) is 1. The van der Waals surface area contributed by atoms with Gasteiger partial charge < -0.3 is 5.73 Å². The summed E-state index contributed by atoms with van der Waals surface area (Å²) in [5.74, 6) is 0. The van der Waals surface area contributed by atoms with Gasteiger partial charge in [-0.25, -0.2) is 0 Å². The highest BCUT2D eigenvalue weighted by atomic mass is 35.5. The summed E-state index contributed by atoms with van der Waals surface area (Å²) in [7, 11) is 0. The van der Waals surface area contributed by atoms with Crippen molar-refractivity contribution in [3.05, 3.63) is 35.0 Å². The van der Waals surface area contributed by atoms with Crippen LogP contribution in [0.5, 0.6) is 0 Å². The van der Waals surface area contributed by atoms with E-state index < -0.39 is 0 Å². The van der Waals surface area contributed by atoms with E-state index in [-0.39, 0.29) is 18.4 Å². The van der Waals surface area contributed by atoms with E-state index in [0.29, 0.717) is 0 Å². The molecule has 1 aromatic heterocycles. The second kappa shape index (κ2) is 5.35. The van der Waals surface area contributed by atoms with Crippen LogP contribution in [0.4, 0.5) is 0 Å². The Hall–Kier alpha value is -0.310. The second-order valence-corrected chi connectivity index (χ2v) is 3.13. The summed E-state index contributed by atoms with van der Waals surface area (Å²) < 4.78 is 0. The van der Waals surface area contributed by atoms with Crippen LogP contribution in [-0.4, -0.2) is 0 Å². The van der Waals surface area contributed by atoms with Crippen LogP contribution in [0.25, 0.3) is 0 Å². The highest BCUT2D eigenvalue weighted by Crippen LogP contribution is 2.19. The maximum atomic E-state index is 5.79. The molecule has 0 aliphatic carbocycles. The number of hydrogen-bond acceptors (Lipinski definition) is 2. The molecule has 3 heteroatoms. The molecule has 2 N–H and O–H groups in total. The van der Waals surface area contributed by atoms with Gasteiger partial charge in [0.25, 0.3) is 0 Å². The van der Waals surface area contributed by atoms with E-state index in [0.717, 1.165) is 6.42 Å². The van der Waals surface area contributed by atoms with E-state index in [9.17, 15) is 0 Å². The lowest BCUT2D eigenvalue weighted by Gasteiger charge is -2.03. The number of halogens is 1. The van der Waals surface area contributed by atoms with Gasteiger partial charge >= 0.3 is 0 Å². The van der Waals surface area contributed by atoms with Crippen molar-refractivity contribution in [1.29, 1.82) is 0 Å². The van der Waals surface area contributed by atoms with Crippen molar-refractivity contribution in [3.63, 3.8) is 0 Å². The Bertz CT molecular complexity index is 196. The Labute approximate surface area is 77.3 Å². The quantitative estimate of drug-likeness (QED) is 0.728. The SMILES string of the molecule is C=CC[C@H](N)c1cccs1.Cl. The molecule has 11 heavy (non-hydrogen) atoms. The van der Waals surface area contributed by atoms with Crippen molar-refractivity contribution in [3.8, 4) is 0 Å². The predicted molar refractivity (Wildman–Crippen MR) is 53.3 cm³/mol. The van der Waals surface area contributed by atoms with Crippen LogP contribution in [0.3, 0.4) is 0 Å². The highest BCUT2D eigenvalue weighted by Gasteiger charge is 2.02. The molecule has 62 valence electrons. The molecule has 0 spiro atoms. The first kappa shape index (κ1) is 10.7. The van der Waals surface area contributed by atoms with E-state index >= 15 is 0 Å². The van der Waals surface area contributed by atoms with E-state index in [1.807, 2.05) is 17.5 Å². The topological polar surface area (TPSA) is 26.0 Å². The lowest BCUT2D eigenvalue weighted by atomic mass is 10.2. The summed E-state index contributed by atoms with van der Waals surface area (Å²) in [6, 6.07) is 4.22. The van der Waals surface area contributed by atoms with Crippen molar-refractivity contribution in [2.45, 2.75) is 12.5 Å². The molecule has 0 saturated heterocycles. The van der Waals surface area contributed by atoms with Crippen molar-refractivity contribution in [2.75, 3.05) is 0 Å². The molecule has 1 rings (SSSR count). The molecular formula is C8H12ClNS. The van der Waals surface area contributed by atoms with Gasteiger partial charge in [-0.05, 0) is 17.9 Å². The second-order valence-electron chi connectivity index (χ2n) is 2.15. The van der Waals surface area contributed by atoms with Crippen LogP contribution >= 0.6 is 23.7 Å². The van der Waals surface area contributed by atoms with Gasteiger partial charge in [0.2, 0.25) is 0 Å². The molecule has 0 amide bonds. The van der Waals surface area contributed by atoms with Gasteiger partial charge in [-0.15, -0.1) is 30.3 Å². The van der Waals surface area contributed by atoms with E-state index in [2.05, 4.69) is 12.6 Å². The fourth-order valence-corrected chi connectivity index (χ4v) is 1.54. The van der Waals surface area contributed by atoms with Crippen molar-refractivity contribution in [2.24, 2.45) is 5.73 Å². The monoisotopic (exact) mass is 189 g/mol. The van der Waals surface area contributed by atoms with Crippen LogP contribution < -0.4 is 5.73 Å². The third-order valence-corrected chi connectivity index (χ3v) is 2.33. The van der Waals surface area contributed by atoms with Crippen molar-refractivity contribution < 1.29 is 0 Å². The smallest absolute Gasteiger partial charge is 0.0424 e. The zero-order chi connectivity index (χ0) is 7.40. The molecular weight excluding hydrogens is 178 g/mol. The van der Waals surface area contributed by atoms with E-state index in [1.165, 1.54) is 4.88 Å². The van der Waals surface area contributed by atoms with Gasteiger partial charge in [0.15, 0.2) is 0 Å². The zero-order valence-corrected chi connectivity index (χ0v) is 7.83. The first-order chi connectivity index (χ1) is 4.84. The summed E-state index contributed by atoms with van der Waals surface area (Å²) in [5, 5.41) is 2.04. The molecule has 1 heterocycles. The van der Waals surface area contributed by atoms with E-state index in [1.54, 1.807) is 11.3 Å². The normalized spacial score (nSPS) is 11.7. The highest BCUT2D eigenvalue weighted by molar-refractivity contribution is 7.10. The van der Waals surface area contributed by atoms with Gasteiger partial charge in [-0.3, -0.25) is 0 Å². The van der Waals surface area contributed by atoms with Crippen LogP contribution in [0, 0.1) is 0 Å². The Balaban J connectivity index is 0.000001000. The van der Waals surface area contributed by atoms with Gasteiger partial charge in [0, 0.05) is 10.9 Å². The molecule has 0 aliphatic heterocycles. The Morgan fingerprint density at radius 2 is 2.45 bits per heavy atom. The minimum atomic E-state index is 0. The fourth-order valence-electron chi connectivity index (χ4n) is 0.798. The van der Waals surface area contributed by atoms with Crippen molar-refractivity contribution in [1.82, 2.24) is 0 Å². The summed E-state index contributed by atoms with van der Waals surface area (Å²) in [5.41, 5.74) is 5.79. The van der Waals surface area contributed by atoms with Crippen LogP contribution in [0.15, 0.2) is 30.2 Å². The largest absolute Gasteiger partial charge is 0.323 e. The Morgan fingerprint density at radius 3 is 2.91 bits per heavy atom. The third-order valence-electron chi connectivity index (χ3n) is 1.33. The zero-order valence-electron chi connectivity index (χ0n) is 6.19. The molecule has 1 nitrogen and oxygen atoms in total. The molecule has 1 aromatic rings. The molecule has 0 bridgehead atoms. The molecule has 0 radical (unpaired) electrons. The van der Waals surface area contributed by atoms with Crippen LogP contribution in [-0.2, 0) is 0 Å². The minimum absolute atomic E-state index is 0. The lowest BCUT2D eigenvalue weighted by Crippen LogP contribution is -2.06. The first-order valence-corrected chi connectivity index (χ1v) is 4.12.